The Morgan fingerprint density at radius 1 is 1.27 bits per heavy atom. The van der Waals surface area contributed by atoms with Crippen LogP contribution < -0.4 is 0 Å². The smallest absolute Gasteiger partial charge is 0.303 e. The third-order valence-electron chi connectivity index (χ3n) is 3.95. The summed E-state index contributed by atoms with van der Waals surface area (Å²) in [6.07, 6.45) is 5.71. The standard InChI is InChI=1S/C12H21NO2/c1-9-2-4-11(5-3-9)13-7-10(8-13)6-12(14)15/h9-11H,2-8H2,1H3,(H,14,15). The molecule has 0 radical (unpaired) electrons. The fourth-order valence-corrected chi connectivity index (χ4v) is 2.89. The van der Waals surface area contributed by atoms with E-state index in [0.717, 1.165) is 25.0 Å². The van der Waals surface area contributed by atoms with Gasteiger partial charge in [0.15, 0.2) is 0 Å². The Kier molecular flexibility index (Phi) is 3.29. The normalized spacial score (nSPS) is 33.7. The first-order chi connectivity index (χ1) is 7.15. The van der Waals surface area contributed by atoms with E-state index in [9.17, 15) is 4.79 Å². The summed E-state index contributed by atoms with van der Waals surface area (Å²) in [4.78, 5) is 13.0. The highest BCUT2D eigenvalue weighted by molar-refractivity contribution is 5.67. The Balaban J connectivity index is 1.68. The van der Waals surface area contributed by atoms with E-state index in [-0.39, 0.29) is 0 Å². The number of carbonyl (C=O) groups is 1. The summed E-state index contributed by atoms with van der Waals surface area (Å²) in [7, 11) is 0. The Bertz CT molecular complexity index is 228. The van der Waals surface area contributed by atoms with Crippen molar-refractivity contribution in [2.75, 3.05) is 13.1 Å². The number of hydrogen-bond acceptors (Lipinski definition) is 2. The van der Waals surface area contributed by atoms with E-state index in [2.05, 4.69) is 11.8 Å². The minimum atomic E-state index is -0.642. The van der Waals surface area contributed by atoms with E-state index in [1.165, 1.54) is 25.7 Å². The van der Waals surface area contributed by atoms with Crippen LogP contribution in [0.15, 0.2) is 0 Å². The molecule has 1 saturated heterocycles. The van der Waals surface area contributed by atoms with E-state index >= 15 is 0 Å². The number of aliphatic carboxylic acids is 1. The summed E-state index contributed by atoms with van der Waals surface area (Å²) in [6, 6.07) is 0.756. The molecule has 3 nitrogen and oxygen atoms in total. The quantitative estimate of drug-likeness (QED) is 0.776. The first kappa shape index (κ1) is 10.9. The first-order valence-corrected chi connectivity index (χ1v) is 6.11. The molecule has 1 aliphatic heterocycles. The van der Waals surface area contributed by atoms with E-state index in [1.54, 1.807) is 0 Å². The van der Waals surface area contributed by atoms with Gasteiger partial charge in [-0.15, -0.1) is 0 Å². The second kappa shape index (κ2) is 4.52. The Morgan fingerprint density at radius 2 is 1.87 bits per heavy atom. The number of likely N-dealkylation sites (tertiary alicyclic amines) is 1. The van der Waals surface area contributed by atoms with Gasteiger partial charge in [0.1, 0.15) is 0 Å². The molecule has 0 atom stereocenters. The summed E-state index contributed by atoms with van der Waals surface area (Å²) in [5.74, 6) is 0.677. The van der Waals surface area contributed by atoms with Gasteiger partial charge in [0.05, 0.1) is 6.42 Å². The Morgan fingerprint density at radius 3 is 2.40 bits per heavy atom. The Hall–Kier alpha value is -0.570. The highest BCUT2D eigenvalue weighted by atomic mass is 16.4. The first-order valence-electron chi connectivity index (χ1n) is 6.11. The van der Waals surface area contributed by atoms with Crippen LogP contribution in [0.4, 0.5) is 0 Å². The van der Waals surface area contributed by atoms with Crippen molar-refractivity contribution in [3.05, 3.63) is 0 Å². The fourth-order valence-electron chi connectivity index (χ4n) is 2.89. The molecule has 86 valence electrons. The van der Waals surface area contributed by atoms with Gasteiger partial charge in [-0.25, -0.2) is 0 Å². The molecule has 1 N–H and O–H groups in total. The van der Waals surface area contributed by atoms with Gasteiger partial charge in [0.25, 0.3) is 0 Å². The van der Waals surface area contributed by atoms with Gasteiger partial charge >= 0.3 is 5.97 Å². The second-order valence-electron chi connectivity index (χ2n) is 5.33. The van der Waals surface area contributed by atoms with Crippen LogP contribution in [0.3, 0.4) is 0 Å². The molecule has 0 aromatic rings. The predicted octanol–water partition coefficient (Wildman–Crippen LogP) is 1.97. The van der Waals surface area contributed by atoms with Gasteiger partial charge in [-0.3, -0.25) is 9.69 Å². The topological polar surface area (TPSA) is 40.5 Å². The number of hydrogen-bond donors (Lipinski definition) is 1. The molecule has 0 unspecified atom stereocenters. The van der Waals surface area contributed by atoms with Crippen molar-refractivity contribution in [1.29, 1.82) is 0 Å². The molecular weight excluding hydrogens is 190 g/mol. The van der Waals surface area contributed by atoms with Crippen LogP contribution in [0.2, 0.25) is 0 Å². The summed E-state index contributed by atoms with van der Waals surface area (Å²) < 4.78 is 0. The van der Waals surface area contributed by atoms with E-state index in [4.69, 9.17) is 5.11 Å². The van der Waals surface area contributed by atoms with Crippen LogP contribution in [0.1, 0.15) is 39.0 Å². The molecule has 2 fully saturated rings. The maximum atomic E-state index is 10.5. The molecule has 1 aliphatic carbocycles. The number of carboxylic acids is 1. The lowest BCUT2D eigenvalue weighted by Crippen LogP contribution is -2.53. The zero-order chi connectivity index (χ0) is 10.8. The van der Waals surface area contributed by atoms with Crippen molar-refractivity contribution in [1.82, 2.24) is 4.90 Å². The number of nitrogens with zero attached hydrogens (tertiary/aromatic N) is 1. The van der Waals surface area contributed by atoms with Crippen LogP contribution in [-0.2, 0) is 4.79 Å². The second-order valence-corrected chi connectivity index (χ2v) is 5.33. The molecule has 0 aromatic heterocycles. The molecule has 1 saturated carbocycles. The van der Waals surface area contributed by atoms with Crippen LogP contribution in [0, 0.1) is 11.8 Å². The number of carboxylic acid groups (broad SMARTS) is 1. The summed E-state index contributed by atoms with van der Waals surface area (Å²) in [5.41, 5.74) is 0. The van der Waals surface area contributed by atoms with Crippen LogP contribution in [0.5, 0.6) is 0 Å². The molecule has 15 heavy (non-hydrogen) atoms. The lowest BCUT2D eigenvalue weighted by molar-refractivity contribution is -0.140. The van der Waals surface area contributed by atoms with Gasteiger partial charge < -0.3 is 5.11 Å². The van der Waals surface area contributed by atoms with Gasteiger partial charge in [-0.05, 0) is 37.5 Å². The van der Waals surface area contributed by atoms with Gasteiger partial charge in [-0.2, -0.15) is 0 Å². The van der Waals surface area contributed by atoms with Gasteiger partial charge in [-0.1, -0.05) is 6.92 Å². The van der Waals surface area contributed by atoms with Gasteiger partial charge in [0, 0.05) is 19.1 Å². The van der Waals surface area contributed by atoms with E-state index in [0.29, 0.717) is 12.3 Å². The van der Waals surface area contributed by atoms with Crippen molar-refractivity contribution >= 4 is 5.97 Å². The van der Waals surface area contributed by atoms with Crippen LogP contribution >= 0.6 is 0 Å². The number of rotatable bonds is 3. The molecule has 0 amide bonds. The Labute approximate surface area is 91.5 Å². The average Bonchev–Trinajstić information content (AvgIpc) is 2.12. The third kappa shape index (κ3) is 2.71. The zero-order valence-corrected chi connectivity index (χ0v) is 9.48. The monoisotopic (exact) mass is 211 g/mol. The van der Waals surface area contributed by atoms with Crippen molar-refractivity contribution in [3.63, 3.8) is 0 Å². The average molecular weight is 211 g/mol. The lowest BCUT2D eigenvalue weighted by Gasteiger charge is -2.46. The minimum Gasteiger partial charge on any atom is -0.481 e. The maximum absolute atomic E-state index is 10.5. The summed E-state index contributed by atoms with van der Waals surface area (Å²) in [6.45, 7) is 4.37. The van der Waals surface area contributed by atoms with Crippen molar-refractivity contribution in [2.45, 2.75) is 45.1 Å². The van der Waals surface area contributed by atoms with Crippen molar-refractivity contribution in [3.8, 4) is 0 Å². The molecule has 3 heteroatoms. The molecule has 1 heterocycles. The summed E-state index contributed by atoms with van der Waals surface area (Å²) >= 11 is 0. The maximum Gasteiger partial charge on any atom is 0.303 e. The SMILES string of the molecule is CC1CCC(N2CC(CC(=O)O)C2)CC1. The van der Waals surface area contributed by atoms with Crippen LogP contribution in [0.25, 0.3) is 0 Å². The largest absolute Gasteiger partial charge is 0.481 e. The molecule has 2 rings (SSSR count). The lowest BCUT2D eigenvalue weighted by atomic mass is 9.83. The predicted molar refractivity (Wildman–Crippen MR) is 58.7 cm³/mol. The van der Waals surface area contributed by atoms with Crippen molar-refractivity contribution in [2.24, 2.45) is 11.8 Å². The highest BCUT2D eigenvalue weighted by Crippen LogP contribution is 2.31. The molecule has 0 aromatic carbocycles. The molecule has 0 bridgehead atoms. The van der Waals surface area contributed by atoms with Gasteiger partial charge in [0.2, 0.25) is 0 Å². The van der Waals surface area contributed by atoms with E-state index in [1.807, 2.05) is 0 Å². The summed E-state index contributed by atoms with van der Waals surface area (Å²) in [5, 5.41) is 8.66. The third-order valence-corrected chi connectivity index (χ3v) is 3.95. The van der Waals surface area contributed by atoms with E-state index < -0.39 is 5.97 Å². The molecule has 0 spiro atoms. The minimum absolute atomic E-state index is 0.361. The zero-order valence-electron chi connectivity index (χ0n) is 9.48. The van der Waals surface area contributed by atoms with Crippen LogP contribution in [-0.4, -0.2) is 35.1 Å². The highest BCUT2D eigenvalue weighted by Gasteiger charge is 2.34. The fraction of sp³-hybridized carbons (Fsp3) is 0.917. The van der Waals surface area contributed by atoms with Crippen molar-refractivity contribution < 1.29 is 9.90 Å². The molecule has 2 aliphatic rings. The molecular formula is C12H21NO2.